The van der Waals surface area contributed by atoms with Crippen LogP contribution >= 0.6 is 11.3 Å². The van der Waals surface area contributed by atoms with Gasteiger partial charge in [0.15, 0.2) is 0 Å². The molecule has 0 atom stereocenters. The monoisotopic (exact) mass is 479 g/mol. The van der Waals surface area contributed by atoms with Crippen molar-refractivity contribution in [1.29, 1.82) is 0 Å². The zero-order valence-electron chi connectivity index (χ0n) is 17.6. The second kappa shape index (κ2) is 8.58. The number of carboxylic acid groups (broad SMARTS) is 1. The van der Waals surface area contributed by atoms with Crippen molar-refractivity contribution in [2.24, 2.45) is 0 Å². The van der Waals surface area contributed by atoms with Crippen LogP contribution in [0.5, 0.6) is 0 Å². The third-order valence-electron chi connectivity index (χ3n) is 5.67. The van der Waals surface area contributed by atoms with Crippen LogP contribution in [-0.4, -0.2) is 46.4 Å². The average Bonchev–Trinajstić information content (AvgIpc) is 3.59. The van der Waals surface area contributed by atoms with Gasteiger partial charge in [0.2, 0.25) is 0 Å². The molecule has 0 unspecified atom stereocenters. The molecule has 1 saturated heterocycles. The first-order chi connectivity index (χ1) is 15.9. The third kappa shape index (κ3) is 4.10. The predicted octanol–water partition coefficient (Wildman–Crippen LogP) is 4.50. The number of nitrogens with zero attached hydrogens (tertiary/aromatic N) is 3. The highest BCUT2D eigenvalue weighted by molar-refractivity contribution is 7.91. The van der Waals surface area contributed by atoms with E-state index in [9.17, 15) is 18.3 Å². The highest BCUT2D eigenvalue weighted by Gasteiger charge is 2.29. The molecular formula is C24H21N3O4S2. The van der Waals surface area contributed by atoms with E-state index in [0.717, 1.165) is 40.9 Å². The summed E-state index contributed by atoms with van der Waals surface area (Å²) < 4.78 is 29.2. The lowest BCUT2D eigenvalue weighted by molar-refractivity contribution is -0.130. The van der Waals surface area contributed by atoms with Crippen molar-refractivity contribution in [3.63, 3.8) is 0 Å². The van der Waals surface area contributed by atoms with Crippen LogP contribution in [0.3, 0.4) is 0 Å². The number of hydrogen-bond acceptors (Lipinski definition) is 5. The number of thiophene rings is 1. The van der Waals surface area contributed by atoms with Crippen LogP contribution in [-0.2, 0) is 14.8 Å². The van der Waals surface area contributed by atoms with Gasteiger partial charge in [0.25, 0.3) is 10.0 Å². The highest BCUT2D eigenvalue weighted by atomic mass is 32.2. The number of rotatable bonds is 6. The van der Waals surface area contributed by atoms with Crippen LogP contribution < -0.4 is 0 Å². The minimum Gasteiger partial charge on any atom is -0.478 e. The Kier molecular flexibility index (Phi) is 5.61. The Hall–Kier alpha value is -3.27. The van der Waals surface area contributed by atoms with Gasteiger partial charge in [-0.05, 0) is 60.9 Å². The fourth-order valence-corrected chi connectivity index (χ4v) is 6.95. The van der Waals surface area contributed by atoms with Crippen LogP contribution in [0.1, 0.15) is 23.3 Å². The average molecular weight is 480 g/mol. The summed E-state index contributed by atoms with van der Waals surface area (Å²) in [6, 6.07) is 18.4. The lowest BCUT2D eigenvalue weighted by atomic mass is 10.1. The van der Waals surface area contributed by atoms with E-state index in [1.54, 1.807) is 18.5 Å². The fourth-order valence-electron chi connectivity index (χ4n) is 3.96. The van der Waals surface area contributed by atoms with Gasteiger partial charge >= 0.3 is 5.97 Å². The number of aromatic nitrogens is 2. The van der Waals surface area contributed by atoms with E-state index < -0.39 is 16.0 Å². The van der Waals surface area contributed by atoms with Crippen molar-refractivity contribution >= 4 is 50.0 Å². The molecule has 0 bridgehead atoms. The molecule has 0 radical (unpaired) electrons. The Morgan fingerprint density at radius 3 is 2.45 bits per heavy atom. The second-order valence-electron chi connectivity index (χ2n) is 7.79. The Bertz CT molecular complexity index is 1460. The number of carbonyl (C=O) groups is 1. The van der Waals surface area contributed by atoms with Gasteiger partial charge in [-0.25, -0.2) is 18.2 Å². The Labute approximate surface area is 195 Å². The molecule has 0 amide bonds. The summed E-state index contributed by atoms with van der Waals surface area (Å²) in [5, 5.41) is 9.80. The lowest BCUT2D eigenvalue weighted by Crippen LogP contribution is -2.27. The van der Waals surface area contributed by atoms with Gasteiger partial charge in [-0.3, -0.25) is 4.57 Å². The number of fused-ring (bicyclic) bond motifs is 1. The van der Waals surface area contributed by atoms with Gasteiger partial charge in [-0.15, -0.1) is 11.3 Å². The predicted molar refractivity (Wildman–Crippen MR) is 129 cm³/mol. The van der Waals surface area contributed by atoms with Crippen molar-refractivity contribution in [2.75, 3.05) is 13.1 Å². The summed E-state index contributed by atoms with van der Waals surface area (Å²) in [7, 11) is -3.58. The van der Waals surface area contributed by atoms with Crippen molar-refractivity contribution < 1.29 is 18.3 Å². The number of imidazole rings is 1. The van der Waals surface area contributed by atoms with Crippen molar-refractivity contribution in [1.82, 2.24) is 13.9 Å². The fraction of sp³-hybridized carbons (Fsp3) is 0.167. The van der Waals surface area contributed by atoms with Gasteiger partial charge in [0, 0.05) is 23.7 Å². The van der Waals surface area contributed by atoms with E-state index in [0.29, 0.717) is 23.5 Å². The van der Waals surface area contributed by atoms with Crippen LogP contribution in [0, 0.1) is 0 Å². The van der Waals surface area contributed by atoms with Gasteiger partial charge in [0.05, 0.1) is 16.6 Å². The van der Waals surface area contributed by atoms with Crippen LogP contribution in [0.15, 0.2) is 71.2 Å². The number of hydrogen-bond donors (Lipinski definition) is 1. The summed E-state index contributed by atoms with van der Waals surface area (Å²) in [6.45, 7) is 1.02. The van der Waals surface area contributed by atoms with Gasteiger partial charge in [-0.1, -0.05) is 24.3 Å². The summed E-state index contributed by atoms with van der Waals surface area (Å²) >= 11 is 0.994. The molecule has 1 fully saturated rings. The van der Waals surface area contributed by atoms with Crippen molar-refractivity contribution in [3.05, 3.63) is 77.4 Å². The minimum atomic E-state index is -3.58. The molecular weight excluding hydrogens is 458 g/mol. The van der Waals surface area contributed by atoms with E-state index in [1.807, 2.05) is 53.1 Å². The normalized spacial score (nSPS) is 15.3. The highest BCUT2D eigenvalue weighted by Crippen LogP contribution is 2.32. The van der Waals surface area contributed by atoms with Gasteiger partial charge in [-0.2, -0.15) is 4.31 Å². The van der Waals surface area contributed by atoms with Crippen LogP contribution in [0.25, 0.3) is 28.4 Å². The van der Waals surface area contributed by atoms with Gasteiger partial charge < -0.3 is 5.11 Å². The van der Waals surface area contributed by atoms with Crippen molar-refractivity contribution in [3.8, 4) is 5.69 Å². The number of carboxylic acids is 1. The standard InChI is InChI=1S/C24H21N3O4S2/c28-24(29)19(22-11-12-23(32-22)33(30,31)26-13-3-4-14-26)15-17-7-9-18(10-8-17)27-16-25-20-5-1-2-6-21(20)27/h1-2,5-12,15-16H,3-4,13-14H2,(H,28,29). The first-order valence-electron chi connectivity index (χ1n) is 10.5. The molecule has 7 nitrogen and oxygen atoms in total. The zero-order valence-corrected chi connectivity index (χ0v) is 19.2. The second-order valence-corrected chi connectivity index (χ2v) is 11.0. The molecule has 0 aliphatic carbocycles. The van der Waals surface area contributed by atoms with Crippen LogP contribution in [0.4, 0.5) is 0 Å². The van der Waals surface area contributed by atoms with Gasteiger partial charge in [0.1, 0.15) is 10.5 Å². The number of sulfonamides is 1. The molecule has 4 aromatic rings. The first-order valence-corrected chi connectivity index (χ1v) is 12.8. The number of para-hydroxylation sites is 2. The Balaban J connectivity index is 1.44. The third-order valence-corrected chi connectivity index (χ3v) is 9.16. The number of aliphatic carboxylic acids is 1. The van der Waals surface area contributed by atoms with E-state index in [2.05, 4.69) is 4.98 Å². The van der Waals surface area contributed by atoms with Crippen molar-refractivity contribution in [2.45, 2.75) is 17.1 Å². The maximum absolute atomic E-state index is 12.8. The van der Waals surface area contributed by atoms with E-state index in [1.165, 1.54) is 10.4 Å². The first kappa shape index (κ1) is 21.6. The largest absolute Gasteiger partial charge is 0.478 e. The maximum Gasteiger partial charge on any atom is 0.337 e. The SMILES string of the molecule is O=C(O)C(=Cc1ccc(-n2cnc3ccccc32)cc1)c1ccc(S(=O)(=O)N2CCCC2)s1. The molecule has 2 aromatic heterocycles. The smallest absolute Gasteiger partial charge is 0.337 e. The molecule has 3 heterocycles. The molecule has 1 aliphatic heterocycles. The summed E-state index contributed by atoms with van der Waals surface area (Å²) in [5.41, 5.74) is 3.55. The zero-order chi connectivity index (χ0) is 23.0. The van der Waals surface area contributed by atoms with E-state index >= 15 is 0 Å². The quantitative estimate of drug-likeness (QED) is 0.411. The summed E-state index contributed by atoms with van der Waals surface area (Å²) in [6.07, 6.45) is 5.02. The summed E-state index contributed by atoms with van der Waals surface area (Å²) in [4.78, 5) is 16.8. The summed E-state index contributed by atoms with van der Waals surface area (Å²) in [5.74, 6) is -1.10. The topological polar surface area (TPSA) is 92.5 Å². The lowest BCUT2D eigenvalue weighted by Gasteiger charge is -2.13. The molecule has 33 heavy (non-hydrogen) atoms. The molecule has 5 rings (SSSR count). The number of benzene rings is 2. The molecule has 1 aliphatic rings. The Morgan fingerprint density at radius 2 is 1.73 bits per heavy atom. The molecule has 0 saturated carbocycles. The van der Waals surface area contributed by atoms with E-state index in [-0.39, 0.29) is 9.78 Å². The molecule has 0 spiro atoms. The molecule has 1 N–H and O–H groups in total. The molecule has 2 aromatic carbocycles. The maximum atomic E-state index is 12.8. The van der Waals surface area contributed by atoms with Crippen LogP contribution in [0.2, 0.25) is 0 Å². The Morgan fingerprint density at radius 1 is 1.00 bits per heavy atom. The molecule has 9 heteroatoms. The van der Waals surface area contributed by atoms with E-state index in [4.69, 9.17) is 0 Å². The minimum absolute atomic E-state index is 0.0590. The molecule has 168 valence electrons.